The Morgan fingerprint density at radius 1 is 1.16 bits per heavy atom. The maximum absolute atomic E-state index is 13.3. The maximum atomic E-state index is 13.3. The van der Waals surface area contributed by atoms with Crippen molar-refractivity contribution in [1.82, 2.24) is 29.2 Å². The Bertz CT molecular complexity index is 1520. The van der Waals surface area contributed by atoms with Gasteiger partial charge in [-0.2, -0.15) is 5.10 Å². The van der Waals surface area contributed by atoms with Crippen LogP contribution in [0.25, 0.3) is 16.9 Å². The van der Waals surface area contributed by atoms with Crippen LogP contribution in [0.5, 0.6) is 0 Å². The average molecular weight is 515 g/mol. The van der Waals surface area contributed by atoms with Gasteiger partial charge in [0.15, 0.2) is 5.65 Å². The van der Waals surface area contributed by atoms with Crippen molar-refractivity contribution < 1.29 is 4.79 Å². The van der Waals surface area contributed by atoms with Gasteiger partial charge in [0.2, 0.25) is 0 Å². The summed E-state index contributed by atoms with van der Waals surface area (Å²) in [5.74, 6) is 0.122. The Hall–Kier alpha value is -3.68. The first-order valence-corrected chi connectivity index (χ1v) is 13.4. The number of aryl methyl sites for hydroxylation is 1. The summed E-state index contributed by atoms with van der Waals surface area (Å²) in [6.07, 6.45) is 6.35. The van der Waals surface area contributed by atoms with E-state index in [1.807, 2.05) is 47.2 Å². The smallest absolute Gasteiger partial charge is 0.330 e. The number of nitrogens with zero attached hydrogens (tertiary/aromatic N) is 5. The summed E-state index contributed by atoms with van der Waals surface area (Å²) < 4.78 is 5.24. The first kappa shape index (κ1) is 25.9. The van der Waals surface area contributed by atoms with E-state index in [1.54, 1.807) is 22.5 Å². The molecule has 1 fully saturated rings. The third kappa shape index (κ3) is 5.04. The molecule has 0 bridgehead atoms. The van der Waals surface area contributed by atoms with Gasteiger partial charge in [0.1, 0.15) is 0 Å². The van der Waals surface area contributed by atoms with Gasteiger partial charge in [0.25, 0.3) is 5.91 Å². The SMILES string of the molecule is Cn1c(=O)n(CC(C)(C)C)c2ccc(C3CCC(C)(C)C(NC(=O)c4cccc(-n5cccn5)c4)C3)nc21. The molecule has 1 N–H and O–H groups in total. The number of fused-ring (bicyclic) bond motifs is 1. The molecule has 2 unspecified atom stereocenters. The minimum atomic E-state index is -0.0807. The summed E-state index contributed by atoms with van der Waals surface area (Å²) in [6, 6.07) is 13.5. The van der Waals surface area contributed by atoms with Crippen molar-refractivity contribution in [3.05, 3.63) is 76.6 Å². The molecule has 5 rings (SSSR count). The number of nitrogens with one attached hydrogen (secondary N) is 1. The number of carbonyl (C=O) groups is 1. The lowest BCUT2D eigenvalue weighted by Crippen LogP contribution is -2.48. The molecule has 200 valence electrons. The van der Waals surface area contributed by atoms with Crippen molar-refractivity contribution in [3.8, 4) is 5.69 Å². The molecule has 0 spiro atoms. The number of aromatic nitrogens is 5. The predicted molar refractivity (Wildman–Crippen MR) is 150 cm³/mol. The monoisotopic (exact) mass is 514 g/mol. The zero-order valence-electron chi connectivity index (χ0n) is 23.2. The van der Waals surface area contributed by atoms with Crippen molar-refractivity contribution in [2.75, 3.05) is 0 Å². The maximum Gasteiger partial charge on any atom is 0.330 e. The van der Waals surface area contributed by atoms with Gasteiger partial charge >= 0.3 is 5.69 Å². The lowest BCUT2D eigenvalue weighted by atomic mass is 9.68. The number of hydrogen-bond donors (Lipinski definition) is 1. The van der Waals surface area contributed by atoms with Crippen LogP contribution in [0.3, 0.4) is 0 Å². The molecule has 1 saturated carbocycles. The zero-order valence-corrected chi connectivity index (χ0v) is 23.2. The third-order valence-corrected chi connectivity index (χ3v) is 7.84. The lowest BCUT2D eigenvalue weighted by molar-refractivity contribution is 0.0836. The summed E-state index contributed by atoms with van der Waals surface area (Å²) in [4.78, 5) is 31.3. The van der Waals surface area contributed by atoms with Gasteiger partial charge in [0, 0.05) is 49.2 Å². The number of amides is 1. The predicted octanol–water partition coefficient (Wildman–Crippen LogP) is 5.06. The number of imidazole rings is 1. The van der Waals surface area contributed by atoms with Crippen LogP contribution in [0.15, 0.2) is 59.7 Å². The van der Waals surface area contributed by atoms with E-state index in [2.05, 4.69) is 51.1 Å². The molecule has 1 aliphatic carbocycles. The van der Waals surface area contributed by atoms with E-state index in [1.165, 1.54) is 0 Å². The minimum Gasteiger partial charge on any atom is -0.349 e. The minimum absolute atomic E-state index is 0.00563. The molecule has 1 aliphatic rings. The van der Waals surface area contributed by atoms with E-state index < -0.39 is 0 Å². The first-order chi connectivity index (χ1) is 17.9. The molecule has 4 aromatic rings. The Balaban J connectivity index is 1.38. The highest BCUT2D eigenvalue weighted by Crippen LogP contribution is 2.42. The quantitative estimate of drug-likeness (QED) is 0.403. The Morgan fingerprint density at radius 2 is 1.95 bits per heavy atom. The van der Waals surface area contributed by atoms with Crippen LogP contribution in [0.1, 0.15) is 75.9 Å². The summed E-state index contributed by atoms with van der Waals surface area (Å²) in [5.41, 5.74) is 3.94. The van der Waals surface area contributed by atoms with E-state index >= 15 is 0 Å². The number of benzene rings is 1. The van der Waals surface area contributed by atoms with E-state index in [4.69, 9.17) is 4.98 Å². The van der Waals surface area contributed by atoms with Crippen LogP contribution in [-0.2, 0) is 13.6 Å². The van der Waals surface area contributed by atoms with E-state index in [9.17, 15) is 9.59 Å². The number of hydrogen-bond acceptors (Lipinski definition) is 4. The fourth-order valence-corrected chi connectivity index (χ4v) is 5.56. The van der Waals surface area contributed by atoms with E-state index in [-0.39, 0.29) is 34.4 Å². The van der Waals surface area contributed by atoms with Gasteiger partial charge < -0.3 is 5.32 Å². The molecule has 1 amide bonds. The average Bonchev–Trinajstić information content (AvgIpc) is 3.48. The van der Waals surface area contributed by atoms with Crippen molar-refractivity contribution in [2.24, 2.45) is 17.9 Å². The normalized spacial score (nSPS) is 19.5. The van der Waals surface area contributed by atoms with Crippen LogP contribution in [0.2, 0.25) is 0 Å². The Kier molecular flexibility index (Phi) is 6.53. The molecule has 38 heavy (non-hydrogen) atoms. The van der Waals surface area contributed by atoms with Crippen LogP contribution in [0, 0.1) is 10.8 Å². The highest BCUT2D eigenvalue weighted by atomic mass is 16.2. The second-order valence-electron chi connectivity index (χ2n) is 12.6. The fourth-order valence-electron chi connectivity index (χ4n) is 5.56. The van der Waals surface area contributed by atoms with Gasteiger partial charge in [-0.15, -0.1) is 0 Å². The number of pyridine rings is 1. The second kappa shape index (κ2) is 9.57. The zero-order chi connectivity index (χ0) is 27.2. The van der Waals surface area contributed by atoms with Crippen LogP contribution in [0.4, 0.5) is 0 Å². The largest absolute Gasteiger partial charge is 0.349 e. The highest BCUT2D eigenvalue weighted by Gasteiger charge is 2.38. The summed E-state index contributed by atoms with van der Waals surface area (Å²) in [6.45, 7) is 11.5. The molecule has 3 aromatic heterocycles. The van der Waals surface area contributed by atoms with Gasteiger partial charge in [0.05, 0.1) is 11.2 Å². The van der Waals surface area contributed by atoms with Gasteiger partial charge in [-0.3, -0.25) is 13.9 Å². The van der Waals surface area contributed by atoms with Gasteiger partial charge in [-0.1, -0.05) is 40.7 Å². The fraction of sp³-hybridized carbons (Fsp3) is 0.467. The molecular weight excluding hydrogens is 476 g/mol. The standard InChI is InChI=1S/C30H38N6O2/c1-29(2,3)19-35-24-12-11-23(32-26(24)34(6)28(35)38)20-13-14-30(4,5)25(18-20)33-27(37)21-9-7-10-22(17-21)36-16-8-15-31-36/h7-12,15-17,20,25H,13-14,18-19H2,1-6H3,(H,33,37). The summed E-state index contributed by atoms with van der Waals surface area (Å²) in [7, 11) is 1.80. The van der Waals surface area contributed by atoms with Gasteiger partial charge in [-0.05, 0) is 66.5 Å². The molecule has 8 heteroatoms. The van der Waals surface area contributed by atoms with E-state index in [0.29, 0.717) is 12.1 Å². The lowest BCUT2D eigenvalue weighted by Gasteiger charge is -2.42. The first-order valence-electron chi connectivity index (χ1n) is 13.4. The van der Waals surface area contributed by atoms with Crippen LogP contribution in [-0.4, -0.2) is 35.8 Å². The van der Waals surface area contributed by atoms with Crippen LogP contribution >= 0.6 is 0 Å². The van der Waals surface area contributed by atoms with Crippen molar-refractivity contribution in [1.29, 1.82) is 0 Å². The number of carbonyl (C=O) groups excluding carboxylic acids is 1. The van der Waals surface area contributed by atoms with Crippen molar-refractivity contribution >= 4 is 17.1 Å². The molecule has 0 radical (unpaired) electrons. The van der Waals surface area contributed by atoms with Crippen molar-refractivity contribution in [3.63, 3.8) is 0 Å². The molecule has 3 heterocycles. The summed E-state index contributed by atoms with van der Waals surface area (Å²) in [5, 5.41) is 7.61. The van der Waals surface area contributed by atoms with Gasteiger partial charge in [-0.25, -0.2) is 14.5 Å². The highest BCUT2D eigenvalue weighted by molar-refractivity contribution is 5.95. The molecule has 8 nitrogen and oxygen atoms in total. The Morgan fingerprint density at radius 3 is 2.66 bits per heavy atom. The molecule has 0 saturated heterocycles. The molecule has 1 aromatic carbocycles. The molecule has 2 atom stereocenters. The van der Waals surface area contributed by atoms with Crippen molar-refractivity contribution in [2.45, 2.75) is 72.4 Å². The Labute approximate surface area is 223 Å². The second-order valence-corrected chi connectivity index (χ2v) is 12.6. The van der Waals surface area contributed by atoms with E-state index in [0.717, 1.165) is 41.8 Å². The topological polar surface area (TPSA) is 86.7 Å². The summed E-state index contributed by atoms with van der Waals surface area (Å²) >= 11 is 0. The number of rotatable bonds is 5. The molecular formula is C30H38N6O2. The third-order valence-electron chi connectivity index (χ3n) is 7.84. The van der Waals surface area contributed by atoms with Crippen LogP contribution < -0.4 is 11.0 Å². The molecule has 0 aliphatic heterocycles.